The van der Waals surface area contributed by atoms with Gasteiger partial charge < -0.3 is 9.64 Å². The van der Waals surface area contributed by atoms with Crippen molar-refractivity contribution < 1.29 is 14.3 Å². The minimum absolute atomic E-state index is 0.192. The lowest BCUT2D eigenvalue weighted by Gasteiger charge is -2.14. The molecule has 2 heterocycles. The summed E-state index contributed by atoms with van der Waals surface area (Å²) in [6.45, 7) is 4.42. The SMILES string of the molecule is CCOC(=O)CCN(C)C(=O)c1cn2cc(C)sc2n1. The second-order valence-corrected chi connectivity index (χ2v) is 5.65. The third-order valence-corrected chi connectivity index (χ3v) is 3.71. The van der Waals surface area contributed by atoms with Crippen LogP contribution in [0.15, 0.2) is 12.4 Å². The number of thiazole rings is 1. The Hall–Kier alpha value is -1.89. The smallest absolute Gasteiger partial charge is 0.307 e. The van der Waals surface area contributed by atoms with Gasteiger partial charge in [0, 0.05) is 30.9 Å². The van der Waals surface area contributed by atoms with Gasteiger partial charge in [-0.15, -0.1) is 11.3 Å². The summed E-state index contributed by atoms with van der Waals surface area (Å²) in [5, 5.41) is 0. The molecule has 0 bridgehead atoms. The normalized spacial score (nSPS) is 10.8. The van der Waals surface area contributed by atoms with Crippen molar-refractivity contribution in [1.29, 1.82) is 0 Å². The van der Waals surface area contributed by atoms with Crippen LogP contribution in [-0.4, -0.2) is 46.4 Å². The van der Waals surface area contributed by atoms with Gasteiger partial charge in [0.2, 0.25) is 0 Å². The zero-order valence-electron chi connectivity index (χ0n) is 11.8. The van der Waals surface area contributed by atoms with E-state index in [1.54, 1.807) is 20.2 Å². The summed E-state index contributed by atoms with van der Waals surface area (Å²) in [5.41, 5.74) is 0.391. The van der Waals surface area contributed by atoms with Gasteiger partial charge in [0.15, 0.2) is 4.96 Å². The van der Waals surface area contributed by atoms with Gasteiger partial charge >= 0.3 is 5.97 Å². The summed E-state index contributed by atoms with van der Waals surface area (Å²) in [6, 6.07) is 0. The van der Waals surface area contributed by atoms with Crippen LogP contribution in [0.25, 0.3) is 4.96 Å². The molecule has 0 aliphatic heterocycles. The van der Waals surface area contributed by atoms with Crippen LogP contribution < -0.4 is 0 Å². The molecule has 0 atom stereocenters. The monoisotopic (exact) mass is 295 g/mol. The lowest BCUT2D eigenvalue weighted by molar-refractivity contribution is -0.143. The molecule has 0 aromatic carbocycles. The number of hydrogen-bond donors (Lipinski definition) is 0. The number of esters is 1. The summed E-state index contributed by atoms with van der Waals surface area (Å²) in [4.78, 5) is 31.1. The summed E-state index contributed by atoms with van der Waals surface area (Å²) < 4.78 is 6.67. The van der Waals surface area contributed by atoms with Crippen molar-refractivity contribution >= 4 is 28.2 Å². The van der Waals surface area contributed by atoms with E-state index in [1.165, 1.54) is 16.2 Å². The number of nitrogens with zero attached hydrogens (tertiary/aromatic N) is 3. The van der Waals surface area contributed by atoms with E-state index >= 15 is 0 Å². The van der Waals surface area contributed by atoms with Gasteiger partial charge in [0.25, 0.3) is 5.91 Å². The molecule has 0 spiro atoms. The van der Waals surface area contributed by atoms with Crippen LogP contribution in [0.1, 0.15) is 28.7 Å². The molecule has 1 amide bonds. The van der Waals surface area contributed by atoms with Gasteiger partial charge in [0.05, 0.1) is 13.0 Å². The summed E-state index contributed by atoms with van der Waals surface area (Å²) in [5.74, 6) is -0.489. The third-order valence-electron chi connectivity index (χ3n) is 2.79. The van der Waals surface area contributed by atoms with Crippen LogP contribution in [0.2, 0.25) is 0 Å². The number of fused-ring (bicyclic) bond motifs is 1. The fourth-order valence-electron chi connectivity index (χ4n) is 1.80. The number of carbonyl (C=O) groups is 2. The van der Waals surface area contributed by atoms with Crippen LogP contribution >= 0.6 is 11.3 Å². The Bertz CT molecular complexity index is 600. The minimum Gasteiger partial charge on any atom is -0.466 e. The number of imidazole rings is 1. The molecule has 0 N–H and O–H groups in total. The molecule has 0 fully saturated rings. The third kappa shape index (κ3) is 3.16. The fraction of sp³-hybridized carbons (Fsp3) is 0.462. The van der Waals surface area contributed by atoms with Crippen molar-refractivity contribution in [2.45, 2.75) is 20.3 Å². The first-order valence-corrected chi connectivity index (χ1v) is 7.19. The van der Waals surface area contributed by atoms with Crippen molar-refractivity contribution in [1.82, 2.24) is 14.3 Å². The first-order valence-electron chi connectivity index (χ1n) is 6.37. The van der Waals surface area contributed by atoms with E-state index in [0.717, 1.165) is 9.84 Å². The van der Waals surface area contributed by atoms with E-state index < -0.39 is 0 Å². The van der Waals surface area contributed by atoms with Crippen molar-refractivity contribution in [2.75, 3.05) is 20.2 Å². The highest BCUT2D eigenvalue weighted by Crippen LogP contribution is 2.17. The average molecular weight is 295 g/mol. The molecular formula is C13H17N3O3S. The lowest BCUT2D eigenvalue weighted by atomic mass is 10.3. The Kier molecular flexibility index (Phi) is 4.39. The molecular weight excluding hydrogens is 278 g/mol. The van der Waals surface area contributed by atoms with E-state index in [0.29, 0.717) is 18.8 Å². The number of hydrogen-bond acceptors (Lipinski definition) is 5. The first-order chi connectivity index (χ1) is 9.51. The van der Waals surface area contributed by atoms with Gasteiger partial charge in [0.1, 0.15) is 5.69 Å². The Morgan fingerprint density at radius 1 is 1.45 bits per heavy atom. The zero-order chi connectivity index (χ0) is 14.7. The van der Waals surface area contributed by atoms with Crippen molar-refractivity contribution in [3.63, 3.8) is 0 Å². The molecule has 0 saturated heterocycles. The highest BCUT2D eigenvalue weighted by Gasteiger charge is 2.17. The summed E-state index contributed by atoms with van der Waals surface area (Å²) >= 11 is 1.53. The second kappa shape index (κ2) is 6.04. The van der Waals surface area contributed by atoms with Crippen LogP contribution in [0, 0.1) is 6.92 Å². The molecule has 0 unspecified atom stereocenters. The topological polar surface area (TPSA) is 63.9 Å². The van der Waals surface area contributed by atoms with Gasteiger partial charge in [-0.3, -0.25) is 14.0 Å². The fourth-order valence-corrected chi connectivity index (χ4v) is 2.61. The maximum Gasteiger partial charge on any atom is 0.307 e. The average Bonchev–Trinajstić information content (AvgIpc) is 2.92. The van der Waals surface area contributed by atoms with Crippen LogP contribution in [0.5, 0.6) is 0 Å². The molecule has 0 saturated carbocycles. The van der Waals surface area contributed by atoms with E-state index in [1.807, 2.05) is 17.5 Å². The van der Waals surface area contributed by atoms with Gasteiger partial charge in [-0.2, -0.15) is 0 Å². The summed E-state index contributed by atoms with van der Waals surface area (Å²) in [7, 11) is 1.65. The maximum absolute atomic E-state index is 12.2. The quantitative estimate of drug-likeness (QED) is 0.788. The molecule has 0 aliphatic rings. The van der Waals surface area contributed by atoms with E-state index in [2.05, 4.69) is 4.98 Å². The van der Waals surface area contributed by atoms with Crippen molar-refractivity contribution in [3.05, 3.63) is 23.0 Å². The molecule has 2 rings (SSSR count). The Balaban J connectivity index is 1.98. The molecule has 108 valence electrons. The molecule has 20 heavy (non-hydrogen) atoms. The minimum atomic E-state index is -0.298. The highest BCUT2D eigenvalue weighted by atomic mass is 32.1. The standard InChI is InChI=1S/C13H17N3O3S/c1-4-19-11(17)5-6-15(3)12(18)10-8-16-7-9(2)20-13(16)14-10/h7-8H,4-6H2,1-3H3. The van der Waals surface area contributed by atoms with Crippen molar-refractivity contribution in [3.8, 4) is 0 Å². The molecule has 0 radical (unpaired) electrons. The number of rotatable bonds is 5. The number of aryl methyl sites for hydroxylation is 1. The van der Waals surface area contributed by atoms with Crippen LogP contribution in [0.4, 0.5) is 0 Å². The van der Waals surface area contributed by atoms with Crippen LogP contribution in [0.3, 0.4) is 0 Å². The predicted octanol–water partition coefficient (Wildman–Crippen LogP) is 1.73. The number of carbonyl (C=O) groups excluding carboxylic acids is 2. The van der Waals surface area contributed by atoms with Gasteiger partial charge in [-0.05, 0) is 13.8 Å². The number of ether oxygens (including phenoxy) is 1. The first kappa shape index (κ1) is 14.5. The van der Waals surface area contributed by atoms with Gasteiger partial charge in [-0.25, -0.2) is 4.98 Å². The zero-order valence-corrected chi connectivity index (χ0v) is 12.6. The highest BCUT2D eigenvalue weighted by molar-refractivity contribution is 7.17. The Morgan fingerprint density at radius 3 is 2.85 bits per heavy atom. The summed E-state index contributed by atoms with van der Waals surface area (Å²) in [6.07, 6.45) is 3.84. The molecule has 2 aromatic rings. The largest absolute Gasteiger partial charge is 0.466 e. The molecule has 0 aliphatic carbocycles. The predicted molar refractivity (Wildman–Crippen MR) is 76.0 cm³/mol. The maximum atomic E-state index is 12.2. The van der Waals surface area contributed by atoms with E-state index in [9.17, 15) is 9.59 Å². The molecule has 6 nitrogen and oxygen atoms in total. The Morgan fingerprint density at radius 2 is 2.20 bits per heavy atom. The molecule has 7 heteroatoms. The van der Waals surface area contributed by atoms with Crippen LogP contribution in [-0.2, 0) is 9.53 Å². The second-order valence-electron chi connectivity index (χ2n) is 4.44. The van der Waals surface area contributed by atoms with Gasteiger partial charge in [-0.1, -0.05) is 0 Å². The Labute approximate surface area is 121 Å². The molecule has 2 aromatic heterocycles. The lowest BCUT2D eigenvalue weighted by Crippen LogP contribution is -2.29. The van der Waals surface area contributed by atoms with E-state index in [4.69, 9.17) is 4.74 Å². The van der Waals surface area contributed by atoms with E-state index in [-0.39, 0.29) is 18.3 Å². The number of aromatic nitrogens is 2. The van der Waals surface area contributed by atoms with Crippen molar-refractivity contribution in [2.24, 2.45) is 0 Å². The number of amides is 1.